The molecule has 1 atom stereocenters. The van der Waals surface area contributed by atoms with E-state index >= 15 is 0 Å². The van der Waals surface area contributed by atoms with Crippen molar-refractivity contribution in [3.8, 4) is 0 Å². The smallest absolute Gasteiger partial charge is 0.308 e. The molecule has 1 saturated heterocycles. The lowest BCUT2D eigenvalue weighted by Crippen LogP contribution is -2.34. The quantitative estimate of drug-likeness (QED) is 0.378. The van der Waals surface area contributed by atoms with Gasteiger partial charge < -0.3 is 4.90 Å². The number of unbranched alkanes of at least 4 members (excludes halogenated alkanes) is 9. The normalized spacial score (nSPS) is 17.0. The molecule has 1 aliphatic rings. The molecule has 1 heterocycles. The lowest BCUT2D eigenvalue weighted by molar-refractivity contribution is -0.121. The zero-order valence-corrected chi connectivity index (χ0v) is 16.2. The van der Waals surface area contributed by atoms with E-state index in [1.54, 1.807) is 4.90 Å². The molecule has 1 N–H and O–H groups in total. The van der Waals surface area contributed by atoms with Crippen LogP contribution in [0.1, 0.15) is 83.1 Å². The molecule has 0 saturated carbocycles. The molecule has 1 aromatic carbocycles. The van der Waals surface area contributed by atoms with Crippen molar-refractivity contribution >= 4 is 11.9 Å². The number of urea groups is 1. The number of amides is 3. The van der Waals surface area contributed by atoms with Gasteiger partial charge in [-0.1, -0.05) is 101 Å². The van der Waals surface area contributed by atoms with E-state index in [4.69, 9.17) is 0 Å². The second-order valence-corrected chi connectivity index (χ2v) is 7.39. The van der Waals surface area contributed by atoms with Gasteiger partial charge in [-0.05, 0) is 12.0 Å². The maximum absolute atomic E-state index is 12.1. The van der Waals surface area contributed by atoms with Crippen LogP contribution in [0, 0.1) is 0 Å². The Hall–Kier alpha value is -1.84. The largest absolute Gasteiger partial charge is 0.325 e. The van der Waals surface area contributed by atoms with Gasteiger partial charge in [0.25, 0.3) is 5.91 Å². The van der Waals surface area contributed by atoms with Gasteiger partial charge in [-0.25, -0.2) is 4.79 Å². The van der Waals surface area contributed by atoms with Gasteiger partial charge in [-0.2, -0.15) is 0 Å². The predicted molar refractivity (Wildman–Crippen MR) is 106 cm³/mol. The van der Waals surface area contributed by atoms with Gasteiger partial charge in [0.05, 0.1) is 0 Å². The van der Waals surface area contributed by atoms with E-state index in [0.717, 1.165) is 24.8 Å². The number of benzene rings is 1. The summed E-state index contributed by atoms with van der Waals surface area (Å²) >= 11 is 0. The molecule has 1 unspecified atom stereocenters. The molecule has 0 spiro atoms. The highest BCUT2D eigenvalue weighted by molar-refractivity contribution is 6.04. The van der Waals surface area contributed by atoms with Crippen LogP contribution in [0.3, 0.4) is 0 Å². The van der Waals surface area contributed by atoms with Gasteiger partial charge in [0, 0.05) is 6.54 Å². The molecule has 0 radical (unpaired) electrons. The first-order chi connectivity index (χ1) is 12.7. The SMILES string of the molecule is CCCCCCCCCCCCC1C(=O)NC(=O)N1Cc1ccccc1. The third-order valence-electron chi connectivity index (χ3n) is 5.20. The number of carbonyl (C=O) groups excluding carboxylic acids is 2. The Kier molecular flexibility index (Phi) is 9.22. The summed E-state index contributed by atoms with van der Waals surface area (Å²) < 4.78 is 0. The molecule has 26 heavy (non-hydrogen) atoms. The number of nitrogens with one attached hydrogen (secondary N) is 1. The lowest BCUT2D eigenvalue weighted by Gasteiger charge is -2.21. The minimum atomic E-state index is -0.309. The standard InChI is InChI=1S/C22H34N2O2/c1-2-3-4-5-6-7-8-9-10-14-17-20-21(25)23-22(26)24(20)18-19-15-12-11-13-16-19/h11-13,15-16,20H,2-10,14,17-18H2,1H3,(H,23,25,26). The van der Waals surface area contributed by atoms with E-state index in [1.807, 2.05) is 30.3 Å². The van der Waals surface area contributed by atoms with Crippen molar-refractivity contribution in [2.24, 2.45) is 0 Å². The Balaban J connectivity index is 1.63. The van der Waals surface area contributed by atoms with E-state index in [0.29, 0.717) is 6.54 Å². The summed E-state index contributed by atoms with van der Waals surface area (Å²) in [5.74, 6) is -0.137. The highest BCUT2D eigenvalue weighted by Gasteiger charge is 2.37. The fourth-order valence-corrected chi connectivity index (χ4v) is 3.62. The molecular weight excluding hydrogens is 324 g/mol. The van der Waals surface area contributed by atoms with Crippen LogP contribution in [-0.4, -0.2) is 22.9 Å². The van der Waals surface area contributed by atoms with Crippen LogP contribution in [0.5, 0.6) is 0 Å². The predicted octanol–water partition coefficient (Wildman–Crippen LogP) is 5.42. The minimum absolute atomic E-state index is 0.137. The van der Waals surface area contributed by atoms with E-state index in [1.165, 1.54) is 51.4 Å². The summed E-state index contributed by atoms with van der Waals surface area (Å²) in [6.07, 6.45) is 13.5. The molecule has 0 aromatic heterocycles. The van der Waals surface area contributed by atoms with Crippen molar-refractivity contribution in [3.05, 3.63) is 35.9 Å². The molecule has 3 amide bonds. The van der Waals surface area contributed by atoms with Crippen LogP contribution < -0.4 is 5.32 Å². The molecule has 1 fully saturated rings. The molecule has 0 aliphatic carbocycles. The average molecular weight is 359 g/mol. The van der Waals surface area contributed by atoms with E-state index in [-0.39, 0.29) is 18.0 Å². The summed E-state index contributed by atoms with van der Waals surface area (Å²) in [6.45, 7) is 2.75. The Bertz CT molecular complexity index is 544. The van der Waals surface area contributed by atoms with Crippen molar-refractivity contribution in [3.63, 3.8) is 0 Å². The van der Waals surface area contributed by atoms with Crippen LogP contribution in [0.15, 0.2) is 30.3 Å². The number of carbonyl (C=O) groups is 2. The molecule has 2 rings (SSSR count). The monoisotopic (exact) mass is 358 g/mol. The topological polar surface area (TPSA) is 49.4 Å². The fourth-order valence-electron chi connectivity index (χ4n) is 3.62. The van der Waals surface area contributed by atoms with E-state index in [9.17, 15) is 9.59 Å². The van der Waals surface area contributed by atoms with Gasteiger partial charge >= 0.3 is 6.03 Å². The zero-order valence-electron chi connectivity index (χ0n) is 16.2. The van der Waals surface area contributed by atoms with Crippen molar-refractivity contribution in [2.45, 2.75) is 90.1 Å². The molecule has 144 valence electrons. The van der Waals surface area contributed by atoms with Crippen LogP contribution in [-0.2, 0) is 11.3 Å². The fraction of sp³-hybridized carbons (Fsp3) is 0.636. The van der Waals surface area contributed by atoms with Crippen LogP contribution in [0.4, 0.5) is 4.79 Å². The van der Waals surface area contributed by atoms with E-state index < -0.39 is 0 Å². The van der Waals surface area contributed by atoms with Crippen LogP contribution in [0.2, 0.25) is 0 Å². The second-order valence-electron chi connectivity index (χ2n) is 7.39. The molecule has 4 nitrogen and oxygen atoms in total. The Morgan fingerprint density at radius 2 is 1.42 bits per heavy atom. The lowest BCUT2D eigenvalue weighted by atomic mass is 10.0. The number of rotatable bonds is 13. The molecular formula is C22H34N2O2. The third-order valence-corrected chi connectivity index (χ3v) is 5.20. The average Bonchev–Trinajstić information content (AvgIpc) is 2.91. The van der Waals surface area contributed by atoms with Crippen LogP contribution >= 0.6 is 0 Å². The highest BCUT2D eigenvalue weighted by Crippen LogP contribution is 2.19. The van der Waals surface area contributed by atoms with Crippen molar-refractivity contribution in [2.75, 3.05) is 0 Å². The maximum Gasteiger partial charge on any atom is 0.325 e. The van der Waals surface area contributed by atoms with Crippen molar-refractivity contribution < 1.29 is 9.59 Å². The molecule has 1 aromatic rings. The number of imide groups is 1. The first kappa shape index (κ1) is 20.5. The number of hydrogen-bond acceptors (Lipinski definition) is 2. The van der Waals surface area contributed by atoms with Crippen molar-refractivity contribution in [1.29, 1.82) is 0 Å². The zero-order chi connectivity index (χ0) is 18.6. The highest BCUT2D eigenvalue weighted by atomic mass is 16.2. The summed E-state index contributed by atoms with van der Waals surface area (Å²) in [6, 6.07) is 9.30. The second kappa shape index (κ2) is 11.7. The third kappa shape index (κ3) is 6.81. The first-order valence-corrected chi connectivity index (χ1v) is 10.4. The van der Waals surface area contributed by atoms with Crippen LogP contribution in [0.25, 0.3) is 0 Å². The van der Waals surface area contributed by atoms with Gasteiger partial charge in [0.1, 0.15) is 6.04 Å². The molecule has 0 bridgehead atoms. The summed E-state index contributed by atoms with van der Waals surface area (Å²) in [7, 11) is 0. The van der Waals surface area contributed by atoms with Gasteiger partial charge in [0.2, 0.25) is 0 Å². The first-order valence-electron chi connectivity index (χ1n) is 10.4. The summed E-state index contributed by atoms with van der Waals surface area (Å²) in [4.78, 5) is 25.9. The molecule has 4 heteroatoms. The summed E-state index contributed by atoms with van der Waals surface area (Å²) in [5, 5.41) is 2.47. The van der Waals surface area contributed by atoms with Gasteiger partial charge in [0.15, 0.2) is 0 Å². The van der Waals surface area contributed by atoms with E-state index in [2.05, 4.69) is 12.2 Å². The Morgan fingerprint density at radius 1 is 0.846 bits per heavy atom. The number of hydrogen-bond donors (Lipinski definition) is 1. The Labute approximate surface area is 158 Å². The number of nitrogens with zero attached hydrogens (tertiary/aromatic N) is 1. The summed E-state index contributed by atoms with van der Waals surface area (Å²) in [5.41, 5.74) is 1.06. The van der Waals surface area contributed by atoms with Gasteiger partial charge in [-0.3, -0.25) is 10.1 Å². The minimum Gasteiger partial charge on any atom is -0.308 e. The maximum atomic E-state index is 12.1. The Morgan fingerprint density at radius 3 is 2.04 bits per heavy atom. The van der Waals surface area contributed by atoms with Crippen molar-refractivity contribution in [1.82, 2.24) is 10.2 Å². The molecule has 1 aliphatic heterocycles. The van der Waals surface area contributed by atoms with Gasteiger partial charge in [-0.15, -0.1) is 0 Å².